The van der Waals surface area contributed by atoms with E-state index in [-0.39, 0.29) is 17.5 Å². The molecule has 0 saturated carbocycles. The lowest BCUT2D eigenvalue weighted by molar-refractivity contribution is -0.138. The van der Waals surface area contributed by atoms with Gasteiger partial charge in [-0.15, -0.1) is 23.2 Å². The van der Waals surface area contributed by atoms with Gasteiger partial charge < -0.3 is 15.2 Å². The van der Waals surface area contributed by atoms with Crippen molar-refractivity contribution in [1.82, 2.24) is 5.32 Å². The Morgan fingerprint density at radius 2 is 1.38 bits per heavy atom. The molecule has 0 rings (SSSR count). The summed E-state index contributed by atoms with van der Waals surface area (Å²) in [6.45, 7) is 7.50. The molecule has 0 spiro atoms. The quantitative estimate of drug-likeness (QED) is 0.166. The molecule has 0 aromatic carbocycles. The molecule has 0 radical (unpaired) electrons. The van der Waals surface area contributed by atoms with Gasteiger partial charge in [0, 0.05) is 5.75 Å². The van der Waals surface area contributed by atoms with Crippen LogP contribution in [0.4, 0.5) is 4.79 Å². The zero-order valence-corrected chi connectivity index (χ0v) is 22.5. The zero-order valence-electron chi connectivity index (χ0n) is 20.2. The van der Waals surface area contributed by atoms with E-state index in [9.17, 15) is 19.5 Å². The molecule has 2 N–H and O–H groups in total. The molecule has 0 aliphatic heterocycles. The van der Waals surface area contributed by atoms with E-state index in [1.54, 1.807) is 32.5 Å². The molecule has 0 aromatic heterocycles. The number of nitrogens with one attached hydrogen (secondary N) is 1. The van der Waals surface area contributed by atoms with Crippen molar-refractivity contribution in [2.75, 3.05) is 23.3 Å². The van der Waals surface area contributed by atoms with Crippen molar-refractivity contribution in [3.8, 4) is 0 Å². The summed E-state index contributed by atoms with van der Waals surface area (Å²) in [7, 11) is 0. The van der Waals surface area contributed by atoms with Crippen LogP contribution in [0.5, 0.6) is 0 Å². The Labute approximate surface area is 208 Å². The standard InChI is InChI=1S/C20H39NO4S.C3H4Cl2O/c1-5-6-7-8-9-10-11-12-13-14-15-26-16-17(18(22)23)21-19(24)25-20(2,3)4;4-1-3(6)2-5/h17H,5-16H2,1-4H3,(H,21,24)(H,22,23);1-2H2. The van der Waals surface area contributed by atoms with E-state index in [4.69, 9.17) is 27.9 Å². The number of carboxylic acid groups (broad SMARTS) is 1. The highest BCUT2D eigenvalue weighted by Crippen LogP contribution is 2.13. The molecule has 1 unspecified atom stereocenters. The van der Waals surface area contributed by atoms with Gasteiger partial charge in [-0.3, -0.25) is 4.79 Å². The molecule has 0 aliphatic carbocycles. The number of thioether (sulfide) groups is 1. The average Bonchev–Trinajstić information content (AvgIpc) is 2.72. The van der Waals surface area contributed by atoms with Gasteiger partial charge in [-0.2, -0.15) is 11.8 Å². The van der Waals surface area contributed by atoms with Crippen molar-refractivity contribution in [3.63, 3.8) is 0 Å². The molecule has 0 aromatic rings. The van der Waals surface area contributed by atoms with Crippen molar-refractivity contribution in [1.29, 1.82) is 0 Å². The third-order valence-corrected chi connectivity index (χ3v) is 5.96. The summed E-state index contributed by atoms with van der Waals surface area (Å²) in [6, 6.07) is -0.905. The Kier molecular flexibility index (Phi) is 23.2. The second-order valence-corrected chi connectivity index (χ2v) is 10.3. The molecule has 190 valence electrons. The van der Waals surface area contributed by atoms with Crippen molar-refractivity contribution in [3.05, 3.63) is 0 Å². The van der Waals surface area contributed by atoms with Gasteiger partial charge in [0.15, 0.2) is 5.78 Å². The Balaban J connectivity index is 0. The number of hydrogen-bond donors (Lipinski definition) is 2. The molecule has 0 bridgehead atoms. The molecule has 1 amide bonds. The second-order valence-electron chi connectivity index (χ2n) is 8.60. The summed E-state index contributed by atoms with van der Waals surface area (Å²) in [5.41, 5.74) is -0.629. The van der Waals surface area contributed by atoms with Gasteiger partial charge in [-0.05, 0) is 32.9 Å². The fourth-order valence-electron chi connectivity index (χ4n) is 2.55. The fraction of sp³-hybridized carbons (Fsp3) is 0.870. The van der Waals surface area contributed by atoms with Crippen LogP contribution in [-0.2, 0) is 14.3 Å². The number of ether oxygens (including phenoxy) is 1. The van der Waals surface area contributed by atoms with Crippen LogP contribution in [0.25, 0.3) is 0 Å². The van der Waals surface area contributed by atoms with Crippen LogP contribution >= 0.6 is 35.0 Å². The molecule has 9 heteroatoms. The maximum Gasteiger partial charge on any atom is 0.408 e. The third-order valence-electron chi connectivity index (χ3n) is 4.21. The van der Waals surface area contributed by atoms with E-state index >= 15 is 0 Å². The van der Waals surface area contributed by atoms with Gasteiger partial charge in [0.1, 0.15) is 11.6 Å². The number of carbonyl (C=O) groups excluding carboxylic acids is 2. The van der Waals surface area contributed by atoms with E-state index < -0.39 is 23.7 Å². The highest BCUT2D eigenvalue weighted by Gasteiger charge is 2.23. The van der Waals surface area contributed by atoms with E-state index in [1.165, 1.54) is 57.8 Å². The molecular weight excluding hydrogens is 473 g/mol. The first kappa shape index (κ1) is 33.5. The van der Waals surface area contributed by atoms with Crippen LogP contribution in [-0.4, -0.2) is 57.9 Å². The van der Waals surface area contributed by atoms with Gasteiger partial charge in [-0.1, -0.05) is 64.7 Å². The van der Waals surface area contributed by atoms with Gasteiger partial charge in [-0.25, -0.2) is 9.59 Å². The number of rotatable bonds is 17. The first-order valence-electron chi connectivity index (χ1n) is 11.5. The summed E-state index contributed by atoms with van der Waals surface area (Å²) in [5.74, 6) is 0.208. The number of carbonyl (C=O) groups is 3. The number of alkyl halides is 2. The number of Topliss-reactive ketones (excluding diaryl/α,β-unsaturated/α-hetero) is 1. The number of amides is 1. The summed E-state index contributed by atoms with van der Waals surface area (Å²) in [6.07, 6.45) is 12.2. The number of hydrogen-bond acceptors (Lipinski definition) is 5. The first-order valence-corrected chi connectivity index (χ1v) is 13.7. The summed E-state index contributed by atoms with van der Waals surface area (Å²) >= 11 is 11.6. The predicted molar refractivity (Wildman–Crippen MR) is 136 cm³/mol. The maximum atomic E-state index is 11.7. The highest BCUT2D eigenvalue weighted by molar-refractivity contribution is 7.99. The van der Waals surface area contributed by atoms with E-state index in [2.05, 4.69) is 12.2 Å². The summed E-state index contributed by atoms with van der Waals surface area (Å²) in [4.78, 5) is 32.9. The Morgan fingerprint density at radius 1 is 0.906 bits per heavy atom. The van der Waals surface area contributed by atoms with Crippen molar-refractivity contribution in [2.45, 2.75) is 104 Å². The number of alkyl carbamates (subject to hydrolysis) is 1. The zero-order chi connectivity index (χ0) is 24.8. The average molecular weight is 517 g/mol. The molecule has 0 aliphatic rings. The van der Waals surface area contributed by atoms with Crippen LogP contribution in [0.3, 0.4) is 0 Å². The van der Waals surface area contributed by atoms with E-state index in [0.717, 1.165) is 12.2 Å². The minimum atomic E-state index is -1.02. The van der Waals surface area contributed by atoms with Gasteiger partial charge in [0.25, 0.3) is 0 Å². The lowest BCUT2D eigenvalue weighted by Crippen LogP contribution is -2.45. The van der Waals surface area contributed by atoms with E-state index in [1.807, 2.05) is 0 Å². The van der Waals surface area contributed by atoms with Gasteiger partial charge in [0.05, 0.1) is 11.8 Å². The Bertz CT molecular complexity index is 495. The number of halogens is 2. The number of aliphatic carboxylic acids is 1. The topological polar surface area (TPSA) is 92.7 Å². The normalized spacial score (nSPS) is 11.8. The number of ketones is 1. The SMILES string of the molecule is CCCCCCCCCCCCSCC(NC(=O)OC(C)(C)C)C(=O)O.O=C(CCl)CCl. The Morgan fingerprint density at radius 3 is 1.75 bits per heavy atom. The van der Waals surface area contributed by atoms with Crippen LogP contribution in [0, 0.1) is 0 Å². The van der Waals surface area contributed by atoms with Crippen LogP contribution < -0.4 is 5.32 Å². The minimum absolute atomic E-state index is 0.0312. The van der Waals surface area contributed by atoms with Crippen molar-refractivity contribution in [2.24, 2.45) is 0 Å². The monoisotopic (exact) mass is 515 g/mol. The largest absolute Gasteiger partial charge is 0.480 e. The van der Waals surface area contributed by atoms with Gasteiger partial charge in [0.2, 0.25) is 0 Å². The van der Waals surface area contributed by atoms with Crippen molar-refractivity contribution >= 4 is 52.8 Å². The Hall–Kier alpha value is -0.660. The lowest BCUT2D eigenvalue weighted by atomic mass is 10.1. The van der Waals surface area contributed by atoms with Crippen LogP contribution in [0.2, 0.25) is 0 Å². The molecule has 0 heterocycles. The molecule has 6 nitrogen and oxygen atoms in total. The first-order chi connectivity index (χ1) is 15.1. The summed E-state index contributed by atoms with van der Waals surface area (Å²) < 4.78 is 5.11. The predicted octanol–water partition coefficient (Wildman–Crippen LogP) is 6.65. The maximum absolute atomic E-state index is 11.7. The fourth-order valence-corrected chi connectivity index (χ4v) is 3.88. The smallest absolute Gasteiger partial charge is 0.408 e. The van der Waals surface area contributed by atoms with E-state index in [0.29, 0.717) is 5.75 Å². The molecule has 1 atom stereocenters. The molecular formula is C23H43Cl2NO5S. The van der Waals surface area contributed by atoms with Crippen LogP contribution in [0.1, 0.15) is 91.9 Å². The van der Waals surface area contributed by atoms with Crippen LogP contribution in [0.15, 0.2) is 0 Å². The number of carboxylic acids is 1. The lowest BCUT2D eigenvalue weighted by Gasteiger charge is -2.21. The second kappa shape index (κ2) is 22.1. The molecule has 0 saturated heterocycles. The van der Waals surface area contributed by atoms with Crippen molar-refractivity contribution < 1.29 is 24.2 Å². The molecule has 0 fully saturated rings. The number of unbranched alkanes of at least 4 members (excludes halogenated alkanes) is 9. The van der Waals surface area contributed by atoms with Gasteiger partial charge >= 0.3 is 12.1 Å². The summed E-state index contributed by atoms with van der Waals surface area (Å²) in [5, 5.41) is 11.6. The minimum Gasteiger partial charge on any atom is -0.480 e. The third kappa shape index (κ3) is 25.6. The molecule has 32 heavy (non-hydrogen) atoms. The highest BCUT2D eigenvalue weighted by atomic mass is 35.5.